The molecule has 1 N–H and O–H groups in total. The highest BCUT2D eigenvalue weighted by Gasteiger charge is 2.19. The lowest BCUT2D eigenvalue weighted by molar-refractivity contribution is 0.102. The fourth-order valence-corrected chi connectivity index (χ4v) is 3.64. The number of aromatic nitrogens is 3. The van der Waals surface area contributed by atoms with Crippen LogP contribution in [0.15, 0.2) is 83.3 Å². The van der Waals surface area contributed by atoms with E-state index in [2.05, 4.69) is 15.5 Å². The molecule has 8 heteroatoms. The molecule has 0 aliphatic rings. The number of methoxy groups -OCH3 is 2. The van der Waals surface area contributed by atoms with Crippen LogP contribution in [0.2, 0.25) is 0 Å². The zero-order valence-corrected chi connectivity index (χ0v) is 18.5. The summed E-state index contributed by atoms with van der Waals surface area (Å²) in [6.07, 6.45) is 0. The van der Waals surface area contributed by atoms with Gasteiger partial charge in [-0.15, -0.1) is 5.10 Å². The predicted octanol–water partition coefficient (Wildman–Crippen LogP) is 5.22. The monoisotopic (exact) mass is 452 g/mol. The maximum atomic E-state index is 13.3. The first kappa shape index (κ1) is 21.1. The van der Waals surface area contributed by atoms with E-state index < -0.39 is 0 Å². The topological polar surface area (TPSA) is 99.4 Å². The summed E-state index contributed by atoms with van der Waals surface area (Å²) in [7, 11) is 3.11. The van der Waals surface area contributed by atoms with Gasteiger partial charge in [-0.1, -0.05) is 53.6 Å². The van der Waals surface area contributed by atoms with Gasteiger partial charge in [0.1, 0.15) is 11.5 Å². The van der Waals surface area contributed by atoms with Crippen molar-refractivity contribution in [3.8, 4) is 34.2 Å². The summed E-state index contributed by atoms with van der Waals surface area (Å²) in [5.74, 6) is 0.966. The molecule has 34 heavy (non-hydrogen) atoms. The first-order valence-electron chi connectivity index (χ1n) is 10.5. The Balaban J connectivity index is 1.48. The second-order valence-electron chi connectivity index (χ2n) is 7.37. The van der Waals surface area contributed by atoms with Crippen molar-refractivity contribution < 1.29 is 18.7 Å². The average Bonchev–Trinajstić information content (AvgIpc) is 3.36. The number of anilines is 1. The van der Waals surface area contributed by atoms with Crippen LogP contribution in [-0.4, -0.2) is 35.3 Å². The van der Waals surface area contributed by atoms with Crippen molar-refractivity contribution in [2.45, 2.75) is 0 Å². The normalized spacial score (nSPS) is 10.8. The van der Waals surface area contributed by atoms with Gasteiger partial charge < -0.3 is 13.9 Å². The van der Waals surface area contributed by atoms with Crippen LogP contribution < -0.4 is 14.8 Å². The Morgan fingerprint density at radius 3 is 2.47 bits per heavy atom. The van der Waals surface area contributed by atoms with Gasteiger partial charge in [-0.2, -0.15) is 0 Å². The van der Waals surface area contributed by atoms with E-state index in [1.165, 1.54) is 7.11 Å². The van der Waals surface area contributed by atoms with Crippen LogP contribution >= 0.6 is 0 Å². The maximum absolute atomic E-state index is 13.3. The van der Waals surface area contributed by atoms with E-state index in [4.69, 9.17) is 18.9 Å². The zero-order valence-electron chi connectivity index (χ0n) is 18.5. The lowest BCUT2D eigenvalue weighted by Crippen LogP contribution is -2.13. The van der Waals surface area contributed by atoms with E-state index in [9.17, 15) is 4.79 Å². The molecule has 0 fully saturated rings. The highest BCUT2D eigenvalue weighted by molar-refractivity contribution is 6.12. The fraction of sp³-hybridized carbons (Fsp3) is 0.0769. The van der Waals surface area contributed by atoms with Crippen LogP contribution in [0.1, 0.15) is 10.4 Å². The lowest BCUT2D eigenvalue weighted by atomic mass is 10.0. The number of hydrogen-bond acceptors (Lipinski definition) is 7. The molecule has 0 aliphatic heterocycles. The summed E-state index contributed by atoms with van der Waals surface area (Å²) in [6.45, 7) is 0. The number of hydrogen-bond donors (Lipinski definition) is 1. The number of fused-ring (bicyclic) bond motifs is 1. The van der Waals surface area contributed by atoms with Gasteiger partial charge >= 0.3 is 6.01 Å². The Labute approximate surface area is 195 Å². The van der Waals surface area contributed by atoms with E-state index in [-0.39, 0.29) is 17.8 Å². The molecule has 0 bridgehead atoms. The summed E-state index contributed by atoms with van der Waals surface area (Å²) in [5, 5.41) is 11.5. The van der Waals surface area contributed by atoms with Crippen LogP contribution in [0.5, 0.6) is 11.5 Å². The summed E-state index contributed by atoms with van der Waals surface area (Å²) in [4.78, 5) is 18.0. The van der Waals surface area contributed by atoms with Crippen molar-refractivity contribution in [2.75, 3.05) is 19.5 Å². The molecule has 0 spiro atoms. The maximum Gasteiger partial charge on any atom is 0.322 e. The van der Waals surface area contributed by atoms with Gasteiger partial charge in [-0.3, -0.25) is 10.1 Å². The van der Waals surface area contributed by atoms with E-state index in [1.54, 1.807) is 31.4 Å². The molecule has 2 heterocycles. The Kier molecular flexibility index (Phi) is 5.61. The van der Waals surface area contributed by atoms with Crippen molar-refractivity contribution >= 4 is 22.8 Å². The summed E-state index contributed by atoms with van der Waals surface area (Å²) >= 11 is 0. The number of nitrogens with one attached hydrogen (secondary N) is 1. The minimum Gasteiger partial charge on any atom is -0.497 e. The zero-order chi connectivity index (χ0) is 23.5. The van der Waals surface area contributed by atoms with Gasteiger partial charge in [0, 0.05) is 17.0 Å². The Morgan fingerprint density at radius 1 is 0.882 bits per heavy atom. The van der Waals surface area contributed by atoms with Gasteiger partial charge in [0.25, 0.3) is 11.8 Å². The number of pyridine rings is 1. The van der Waals surface area contributed by atoms with Crippen molar-refractivity contribution in [2.24, 2.45) is 0 Å². The molecule has 0 radical (unpaired) electrons. The predicted molar refractivity (Wildman–Crippen MR) is 128 cm³/mol. The molecule has 2 aromatic heterocycles. The van der Waals surface area contributed by atoms with Crippen molar-refractivity contribution in [1.29, 1.82) is 0 Å². The van der Waals surface area contributed by atoms with Crippen LogP contribution in [0.25, 0.3) is 33.6 Å². The number of nitrogens with zero attached hydrogens (tertiary/aromatic N) is 3. The molecule has 0 saturated carbocycles. The first-order valence-corrected chi connectivity index (χ1v) is 10.5. The summed E-state index contributed by atoms with van der Waals surface area (Å²) < 4.78 is 16.3. The number of para-hydroxylation sites is 1. The van der Waals surface area contributed by atoms with Crippen molar-refractivity contribution in [1.82, 2.24) is 15.2 Å². The molecule has 0 aliphatic carbocycles. The Hall–Kier alpha value is -4.72. The molecule has 5 aromatic rings. The molecule has 3 aromatic carbocycles. The fourth-order valence-electron chi connectivity index (χ4n) is 3.64. The first-order chi connectivity index (χ1) is 16.7. The Bertz CT molecular complexity index is 1480. The molecule has 0 unspecified atom stereocenters. The van der Waals surface area contributed by atoms with E-state index in [0.29, 0.717) is 33.8 Å². The molecular weight excluding hydrogens is 432 g/mol. The second kappa shape index (κ2) is 9.03. The standard InChI is InChI=1S/C26H20N4O4/c1-32-17-12-13-19(23(14-17)33-2)25-29-30-26(34-25)28-24(31)20-15-22(16-8-4-3-5-9-16)27-21-11-7-6-10-18(20)21/h3-15H,1-2H3,(H,28,30,31). The Morgan fingerprint density at radius 2 is 1.68 bits per heavy atom. The number of ether oxygens (including phenoxy) is 2. The third-order valence-electron chi connectivity index (χ3n) is 5.31. The van der Waals surface area contributed by atoms with Gasteiger partial charge in [0.2, 0.25) is 0 Å². The number of rotatable bonds is 6. The second-order valence-corrected chi connectivity index (χ2v) is 7.37. The number of benzene rings is 3. The molecule has 0 saturated heterocycles. The van der Waals surface area contributed by atoms with Crippen molar-refractivity contribution in [3.05, 3.63) is 84.4 Å². The highest BCUT2D eigenvalue weighted by Crippen LogP contribution is 2.33. The highest BCUT2D eigenvalue weighted by atomic mass is 16.5. The number of carbonyl (C=O) groups excluding carboxylic acids is 1. The minimum absolute atomic E-state index is 0.0278. The lowest BCUT2D eigenvalue weighted by Gasteiger charge is -2.09. The smallest absolute Gasteiger partial charge is 0.322 e. The molecule has 1 amide bonds. The van der Waals surface area contributed by atoms with Gasteiger partial charge in [-0.05, 0) is 24.3 Å². The van der Waals surface area contributed by atoms with Gasteiger partial charge in [0.05, 0.1) is 36.6 Å². The molecule has 5 rings (SSSR count). The third-order valence-corrected chi connectivity index (χ3v) is 5.31. The average molecular weight is 452 g/mol. The number of carbonyl (C=O) groups is 1. The van der Waals surface area contributed by atoms with Gasteiger partial charge in [0.15, 0.2) is 0 Å². The number of amides is 1. The molecule has 168 valence electrons. The van der Waals surface area contributed by atoms with Crippen LogP contribution in [0.3, 0.4) is 0 Å². The molecule has 0 atom stereocenters. The van der Waals surface area contributed by atoms with E-state index >= 15 is 0 Å². The van der Waals surface area contributed by atoms with Crippen molar-refractivity contribution in [3.63, 3.8) is 0 Å². The SMILES string of the molecule is COc1ccc(-c2nnc(NC(=O)c3cc(-c4ccccc4)nc4ccccc34)o2)c(OC)c1. The van der Waals surface area contributed by atoms with Gasteiger partial charge in [-0.25, -0.2) is 4.98 Å². The summed E-state index contributed by atoms with van der Waals surface area (Å²) in [6, 6.07) is 24.1. The minimum atomic E-state index is -0.382. The molecule has 8 nitrogen and oxygen atoms in total. The van der Waals surface area contributed by atoms with Crippen LogP contribution in [0.4, 0.5) is 6.01 Å². The van der Waals surface area contributed by atoms with Crippen LogP contribution in [-0.2, 0) is 0 Å². The summed E-state index contributed by atoms with van der Waals surface area (Å²) in [5.41, 5.74) is 3.35. The van der Waals surface area contributed by atoms with E-state index in [0.717, 1.165) is 10.9 Å². The third kappa shape index (κ3) is 4.04. The largest absolute Gasteiger partial charge is 0.497 e. The van der Waals surface area contributed by atoms with Crippen LogP contribution in [0, 0.1) is 0 Å². The quantitative estimate of drug-likeness (QED) is 0.377. The molecular formula is C26H20N4O4. The van der Waals surface area contributed by atoms with E-state index in [1.807, 2.05) is 54.6 Å².